The maximum Gasteiger partial charge on any atom is 0.115 e. The maximum atomic E-state index is 6.53. The Kier molecular flexibility index (Phi) is 6.52. The van der Waals surface area contributed by atoms with Gasteiger partial charge in [-0.3, -0.25) is 0 Å². The van der Waals surface area contributed by atoms with Crippen molar-refractivity contribution in [1.29, 1.82) is 0 Å². The van der Waals surface area contributed by atoms with Crippen molar-refractivity contribution in [3.8, 4) is 0 Å². The topological polar surface area (TPSA) is 9.23 Å². The Morgan fingerprint density at radius 2 is 1.88 bits per heavy atom. The number of unbranched alkanes of at least 4 members (excludes halogenated alkanes) is 3. The van der Waals surface area contributed by atoms with E-state index in [1.165, 1.54) is 74.6 Å². The van der Waals surface area contributed by atoms with Gasteiger partial charge in [-0.15, -0.1) is 0 Å². The number of rotatable bonds is 8. The summed E-state index contributed by atoms with van der Waals surface area (Å²) in [7, 11) is 0. The summed E-state index contributed by atoms with van der Waals surface area (Å²) in [6.07, 6.45) is 10.0. The molecular weight excluding hydrogens is 386 g/mol. The van der Waals surface area contributed by atoms with Gasteiger partial charge in [-0.05, 0) is 26.2 Å². The summed E-state index contributed by atoms with van der Waals surface area (Å²) in [6.45, 7) is 9.70. The van der Waals surface area contributed by atoms with Crippen molar-refractivity contribution in [1.82, 2.24) is 0 Å². The molecule has 0 spiro atoms. The summed E-state index contributed by atoms with van der Waals surface area (Å²) in [5, 5.41) is 0. The van der Waals surface area contributed by atoms with Crippen molar-refractivity contribution in [3.05, 3.63) is 35.9 Å². The van der Waals surface area contributed by atoms with Crippen LogP contribution in [0.4, 0.5) is 0 Å². The van der Waals surface area contributed by atoms with Crippen LogP contribution >= 0.6 is 0 Å². The van der Waals surface area contributed by atoms with E-state index in [0.29, 0.717) is 11.6 Å². The number of nitrogens with zero attached hydrogens (tertiary/aromatic N) is 1. The highest BCUT2D eigenvalue weighted by molar-refractivity contribution is 5.16. The molecule has 0 radical (unpaired) electrons. The summed E-state index contributed by atoms with van der Waals surface area (Å²) in [4.78, 5) is 0. The molecule has 2 heterocycles. The molecule has 2 saturated heterocycles. The third-order valence-electron chi connectivity index (χ3n) is 7.97. The zero-order valence-electron chi connectivity index (χ0n) is 16.6. The highest BCUT2D eigenvalue weighted by atomic mass is 79.9. The molecule has 1 aromatic rings. The van der Waals surface area contributed by atoms with E-state index in [9.17, 15) is 0 Å². The molecule has 0 aromatic heterocycles. The summed E-state index contributed by atoms with van der Waals surface area (Å²) >= 11 is 0. The number of quaternary nitrogens is 1. The van der Waals surface area contributed by atoms with Gasteiger partial charge in [0, 0.05) is 30.4 Å². The lowest BCUT2D eigenvalue weighted by Crippen LogP contribution is -3.00. The Labute approximate surface area is 170 Å². The molecule has 146 valence electrons. The van der Waals surface area contributed by atoms with Gasteiger partial charge < -0.3 is 26.2 Å². The molecule has 3 fully saturated rings. The zero-order chi connectivity index (χ0) is 17.3. The molecule has 4 rings (SSSR count). The van der Waals surface area contributed by atoms with Gasteiger partial charge in [0.15, 0.2) is 0 Å². The van der Waals surface area contributed by atoms with Crippen LogP contribution in [0.2, 0.25) is 0 Å². The molecule has 5 atom stereocenters. The first-order valence-corrected chi connectivity index (χ1v) is 10.7. The normalized spacial score (nSPS) is 37.5. The van der Waals surface area contributed by atoms with Crippen molar-refractivity contribution in [3.63, 3.8) is 0 Å². The van der Waals surface area contributed by atoms with Crippen LogP contribution in [-0.2, 0) is 11.3 Å². The number of benzene rings is 1. The van der Waals surface area contributed by atoms with E-state index >= 15 is 0 Å². The third kappa shape index (κ3) is 3.29. The first kappa shape index (κ1) is 20.4. The van der Waals surface area contributed by atoms with Crippen LogP contribution in [0.3, 0.4) is 0 Å². The Balaban J connectivity index is 0.00000196. The molecule has 1 aromatic carbocycles. The van der Waals surface area contributed by atoms with Crippen molar-refractivity contribution in [2.24, 2.45) is 11.8 Å². The summed E-state index contributed by atoms with van der Waals surface area (Å²) in [5.74, 6) is 1.71. The minimum Gasteiger partial charge on any atom is -1.00 e. The van der Waals surface area contributed by atoms with E-state index in [1.807, 2.05) is 0 Å². The van der Waals surface area contributed by atoms with Crippen molar-refractivity contribution >= 4 is 0 Å². The van der Waals surface area contributed by atoms with Crippen LogP contribution in [0.5, 0.6) is 0 Å². The van der Waals surface area contributed by atoms with Gasteiger partial charge in [-0.2, -0.15) is 0 Å². The van der Waals surface area contributed by atoms with Gasteiger partial charge in [-0.1, -0.05) is 56.5 Å². The molecule has 0 amide bonds. The average molecular weight is 422 g/mol. The van der Waals surface area contributed by atoms with Crippen LogP contribution in [-0.4, -0.2) is 35.8 Å². The van der Waals surface area contributed by atoms with Crippen molar-refractivity contribution in [2.75, 3.05) is 19.7 Å². The Hall–Kier alpha value is -0.380. The van der Waals surface area contributed by atoms with E-state index in [1.54, 1.807) is 0 Å². The molecule has 26 heavy (non-hydrogen) atoms. The largest absolute Gasteiger partial charge is 1.00 e. The van der Waals surface area contributed by atoms with E-state index in [0.717, 1.165) is 18.4 Å². The number of halogens is 1. The molecule has 2 aliphatic heterocycles. The highest BCUT2D eigenvalue weighted by Gasteiger charge is 2.71. The van der Waals surface area contributed by atoms with Crippen LogP contribution in [0.1, 0.15) is 64.4 Å². The molecule has 1 saturated carbocycles. The van der Waals surface area contributed by atoms with E-state index in [4.69, 9.17) is 4.74 Å². The van der Waals surface area contributed by atoms with Gasteiger partial charge in [-0.25, -0.2) is 0 Å². The zero-order valence-corrected chi connectivity index (χ0v) is 18.2. The Morgan fingerprint density at radius 3 is 2.65 bits per heavy atom. The molecule has 3 aliphatic rings. The van der Waals surface area contributed by atoms with Gasteiger partial charge in [0.2, 0.25) is 0 Å². The predicted molar refractivity (Wildman–Crippen MR) is 103 cm³/mol. The van der Waals surface area contributed by atoms with E-state index in [-0.39, 0.29) is 17.0 Å². The maximum absolute atomic E-state index is 6.53. The fraction of sp³-hybridized carbons (Fsp3) is 0.739. The molecule has 0 unspecified atom stereocenters. The monoisotopic (exact) mass is 421 g/mol. The van der Waals surface area contributed by atoms with Crippen LogP contribution in [0, 0.1) is 11.8 Å². The number of ether oxygens (including phenoxy) is 1. The van der Waals surface area contributed by atoms with Gasteiger partial charge in [0.25, 0.3) is 0 Å². The standard InChI is InChI=1S/C23H36NO.BrH/c1-3-4-5-9-16-25-22-18-24(17-19-10-7-6-8-11-19)15-14-20-12-13-21(22)23(20,24)2;/h6-8,10-11,20-22H,3-5,9,12-18H2,1-2H3;1H/q+1;/p-1/t20-,21+,22+,23+,24+;/m0./s1. The molecule has 2 nitrogen and oxygen atoms in total. The first-order valence-electron chi connectivity index (χ1n) is 10.7. The average Bonchev–Trinajstić information content (AvgIpc) is 3.18. The van der Waals surface area contributed by atoms with E-state index in [2.05, 4.69) is 44.2 Å². The van der Waals surface area contributed by atoms with Crippen molar-refractivity contribution in [2.45, 2.75) is 77.0 Å². The number of hydrogen-bond acceptors (Lipinski definition) is 1. The Morgan fingerprint density at radius 1 is 1.08 bits per heavy atom. The molecule has 3 heteroatoms. The fourth-order valence-corrected chi connectivity index (χ4v) is 6.59. The second-order valence-electron chi connectivity index (χ2n) is 9.06. The highest BCUT2D eigenvalue weighted by Crippen LogP contribution is 2.61. The second-order valence-corrected chi connectivity index (χ2v) is 9.06. The lowest BCUT2D eigenvalue weighted by molar-refractivity contribution is -0.966. The molecule has 0 bridgehead atoms. The first-order chi connectivity index (χ1) is 12.2. The summed E-state index contributed by atoms with van der Waals surface area (Å²) in [6, 6.07) is 11.2. The lowest BCUT2D eigenvalue weighted by Gasteiger charge is -2.43. The quantitative estimate of drug-likeness (QED) is 0.461. The minimum absolute atomic E-state index is 0. The summed E-state index contributed by atoms with van der Waals surface area (Å²) < 4.78 is 7.83. The minimum atomic E-state index is 0. The van der Waals surface area contributed by atoms with Gasteiger partial charge in [0.05, 0.1) is 6.54 Å². The van der Waals surface area contributed by atoms with Crippen LogP contribution in [0.15, 0.2) is 30.3 Å². The van der Waals surface area contributed by atoms with Gasteiger partial charge in [0.1, 0.15) is 24.7 Å². The smallest absolute Gasteiger partial charge is 0.115 e. The predicted octanol–water partition coefficient (Wildman–Crippen LogP) is 2.18. The molecular formula is C23H36BrNO. The van der Waals surface area contributed by atoms with Gasteiger partial charge >= 0.3 is 0 Å². The second kappa shape index (κ2) is 8.32. The Bertz CT molecular complexity index is 579. The molecule has 0 N–H and O–H groups in total. The SMILES string of the molecule is CCCCCCO[C@@H]1C[N@+]2(Cc3ccccc3)CC[C@@H]3CC[C@H]1[C@@]32C.[Br-]. The van der Waals surface area contributed by atoms with E-state index < -0.39 is 0 Å². The fourth-order valence-electron chi connectivity index (χ4n) is 6.59. The van der Waals surface area contributed by atoms with Crippen LogP contribution in [0.25, 0.3) is 0 Å². The number of hydrogen-bond donors (Lipinski definition) is 0. The lowest BCUT2D eigenvalue weighted by atomic mass is 9.83. The summed E-state index contributed by atoms with van der Waals surface area (Å²) in [5.41, 5.74) is 1.97. The molecule has 1 aliphatic carbocycles. The third-order valence-corrected chi connectivity index (χ3v) is 7.97. The van der Waals surface area contributed by atoms with Crippen LogP contribution < -0.4 is 17.0 Å². The van der Waals surface area contributed by atoms with Crippen molar-refractivity contribution < 1.29 is 26.2 Å².